The van der Waals surface area contributed by atoms with Gasteiger partial charge in [-0.25, -0.2) is 4.68 Å². The van der Waals surface area contributed by atoms with Gasteiger partial charge in [-0.2, -0.15) is 4.98 Å². The van der Waals surface area contributed by atoms with Gasteiger partial charge in [-0.1, -0.05) is 42.0 Å². The number of fused-ring (bicyclic) bond motifs is 1. The molecule has 10 nitrogen and oxygen atoms in total. The number of nitro benzene ring substituents is 1. The number of benzene rings is 2. The number of hydrogen-bond acceptors (Lipinski definition) is 7. The van der Waals surface area contributed by atoms with Crippen LogP contribution in [0.25, 0.3) is 11.4 Å². The summed E-state index contributed by atoms with van der Waals surface area (Å²) in [6, 6.07) is 16.7. The van der Waals surface area contributed by atoms with E-state index in [1.54, 1.807) is 48.3 Å². The Morgan fingerprint density at radius 2 is 1.91 bits per heavy atom. The first-order chi connectivity index (χ1) is 16.9. The zero-order chi connectivity index (χ0) is 24.5. The number of rotatable bonds is 5. The first kappa shape index (κ1) is 22.0. The second-order valence-electron chi connectivity index (χ2n) is 8.18. The molecule has 0 spiro atoms. The quantitative estimate of drug-likeness (QED) is 0.327. The summed E-state index contributed by atoms with van der Waals surface area (Å²) in [7, 11) is 0. The van der Waals surface area contributed by atoms with E-state index in [1.165, 1.54) is 12.1 Å². The molecule has 0 aliphatic carbocycles. The molecule has 5 rings (SSSR count). The molecule has 1 aliphatic rings. The fraction of sp³-hybridized carbons (Fsp3) is 0.120. The molecule has 35 heavy (non-hydrogen) atoms. The molecule has 0 saturated carbocycles. The molecular weight excluding hydrogens is 446 g/mol. The number of nitro groups is 1. The molecule has 0 saturated heterocycles. The first-order valence-electron chi connectivity index (χ1n) is 10.9. The SMILES string of the molecule is CC1=C(C(=O)Nc2cccnc2)C(c2cccc([N+](=O)[O-])c2)n2nc(-c3ccc(C)cc3)nc2N1. The highest BCUT2D eigenvalue weighted by Gasteiger charge is 2.35. The van der Waals surface area contributed by atoms with Crippen LogP contribution in [0.15, 0.2) is 84.3 Å². The summed E-state index contributed by atoms with van der Waals surface area (Å²) in [6.07, 6.45) is 3.16. The summed E-state index contributed by atoms with van der Waals surface area (Å²) in [5.41, 5.74) is 3.85. The monoisotopic (exact) mass is 467 g/mol. The molecular formula is C25H21N7O3. The van der Waals surface area contributed by atoms with E-state index in [9.17, 15) is 14.9 Å². The zero-order valence-electron chi connectivity index (χ0n) is 19.0. The van der Waals surface area contributed by atoms with Crippen LogP contribution in [0.4, 0.5) is 17.3 Å². The van der Waals surface area contributed by atoms with Gasteiger partial charge in [-0.05, 0) is 31.5 Å². The van der Waals surface area contributed by atoms with Crippen LogP contribution in [0.3, 0.4) is 0 Å². The Bertz CT molecular complexity index is 1460. The van der Waals surface area contributed by atoms with Crippen molar-refractivity contribution >= 4 is 23.2 Å². The topological polar surface area (TPSA) is 128 Å². The lowest BCUT2D eigenvalue weighted by Gasteiger charge is -2.28. The maximum absolute atomic E-state index is 13.5. The number of nitrogens with one attached hydrogen (secondary N) is 2. The molecule has 174 valence electrons. The normalized spacial score (nSPS) is 14.7. The number of carbonyl (C=O) groups is 1. The van der Waals surface area contributed by atoms with Crippen LogP contribution < -0.4 is 10.6 Å². The summed E-state index contributed by atoms with van der Waals surface area (Å²) in [5.74, 6) is 0.537. The maximum Gasteiger partial charge on any atom is 0.269 e. The van der Waals surface area contributed by atoms with E-state index < -0.39 is 11.0 Å². The predicted octanol–water partition coefficient (Wildman–Crippen LogP) is 4.48. The molecule has 2 aromatic carbocycles. The Labute approximate surface area is 200 Å². The molecule has 1 amide bonds. The second kappa shape index (κ2) is 8.82. The summed E-state index contributed by atoms with van der Waals surface area (Å²) in [4.78, 5) is 33.2. The second-order valence-corrected chi connectivity index (χ2v) is 8.18. The summed E-state index contributed by atoms with van der Waals surface area (Å²) >= 11 is 0. The van der Waals surface area contributed by atoms with Gasteiger partial charge in [0.05, 0.1) is 22.4 Å². The smallest absolute Gasteiger partial charge is 0.269 e. The van der Waals surface area contributed by atoms with E-state index in [1.807, 2.05) is 31.2 Å². The third-order valence-corrected chi connectivity index (χ3v) is 5.72. The number of amides is 1. The Morgan fingerprint density at radius 1 is 1.11 bits per heavy atom. The van der Waals surface area contributed by atoms with Gasteiger partial charge in [0, 0.05) is 29.6 Å². The fourth-order valence-corrected chi connectivity index (χ4v) is 4.02. The third kappa shape index (κ3) is 4.24. The molecule has 2 aromatic heterocycles. The number of nitrogens with zero attached hydrogens (tertiary/aromatic N) is 5. The number of pyridine rings is 1. The molecule has 1 atom stereocenters. The van der Waals surface area contributed by atoms with Crippen molar-refractivity contribution in [3.63, 3.8) is 0 Å². The van der Waals surface area contributed by atoms with E-state index in [2.05, 4.69) is 20.6 Å². The summed E-state index contributed by atoms with van der Waals surface area (Å²) in [5, 5.41) is 22.2. The number of aryl methyl sites for hydroxylation is 1. The van der Waals surface area contributed by atoms with Crippen LogP contribution >= 0.6 is 0 Å². The van der Waals surface area contributed by atoms with Crippen molar-refractivity contribution in [1.82, 2.24) is 19.7 Å². The van der Waals surface area contributed by atoms with E-state index in [-0.39, 0.29) is 11.6 Å². The van der Waals surface area contributed by atoms with Crippen molar-refractivity contribution in [3.05, 3.63) is 106 Å². The number of allylic oxidation sites excluding steroid dienone is 1. The van der Waals surface area contributed by atoms with Gasteiger partial charge in [-0.3, -0.25) is 19.9 Å². The Hall–Kier alpha value is -4.86. The minimum absolute atomic E-state index is 0.0777. The Morgan fingerprint density at radius 3 is 2.63 bits per heavy atom. The highest BCUT2D eigenvalue weighted by molar-refractivity contribution is 6.06. The van der Waals surface area contributed by atoms with Crippen LogP contribution in [0.5, 0.6) is 0 Å². The lowest BCUT2D eigenvalue weighted by molar-refractivity contribution is -0.384. The largest absolute Gasteiger partial charge is 0.328 e. The lowest BCUT2D eigenvalue weighted by Crippen LogP contribution is -2.31. The van der Waals surface area contributed by atoms with Gasteiger partial charge in [-0.15, -0.1) is 5.10 Å². The van der Waals surface area contributed by atoms with Crippen molar-refractivity contribution in [3.8, 4) is 11.4 Å². The van der Waals surface area contributed by atoms with Gasteiger partial charge >= 0.3 is 0 Å². The number of anilines is 2. The minimum atomic E-state index is -0.741. The Kier molecular flexibility index (Phi) is 5.54. The molecule has 0 radical (unpaired) electrons. The highest BCUT2D eigenvalue weighted by atomic mass is 16.6. The number of carbonyl (C=O) groups excluding carboxylic acids is 1. The average Bonchev–Trinajstić information content (AvgIpc) is 3.27. The molecule has 2 N–H and O–H groups in total. The predicted molar refractivity (Wildman–Crippen MR) is 131 cm³/mol. The lowest BCUT2D eigenvalue weighted by atomic mass is 9.94. The van der Waals surface area contributed by atoms with Crippen molar-refractivity contribution in [2.24, 2.45) is 0 Å². The summed E-state index contributed by atoms with van der Waals surface area (Å²) < 4.78 is 1.60. The molecule has 0 bridgehead atoms. The maximum atomic E-state index is 13.5. The van der Waals surface area contributed by atoms with Gasteiger partial charge in [0.15, 0.2) is 5.82 Å². The third-order valence-electron chi connectivity index (χ3n) is 5.72. The molecule has 1 aliphatic heterocycles. The molecule has 0 fully saturated rings. The molecule has 10 heteroatoms. The van der Waals surface area contributed by atoms with E-state index in [0.717, 1.165) is 11.1 Å². The van der Waals surface area contributed by atoms with Crippen molar-refractivity contribution in [2.75, 3.05) is 10.6 Å². The van der Waals surface area contributed by atoms with Crippen LogP contribution in [-0.4, -0.2) is 30.6 Å². The van der Waals surface area contributed by atoms with E-state index in [4.69, 9.17) is 5.10 Å². The fourth-order valence-electron chi connectivity index (χ4n) is 4.02. The molecule has 1 unspecified atom stereocenters. The van der Waals surface area contributed by atoms with Gasteiger partial charge in [0.25, 0.3) is 11.6 Å². The Balaban J connectivity index is 1.63. The standard InChI is InChI=1S/C25H21N7O3/c1-15-8-10-17(11-9-15)23-29-25-27-16(2)21(24(33)28-19-6-4-12-26-14-19)22(31(25)30-23)18-5-3-7-20(13-18)32(34)35/h3-14,22H,1-2H3,(H,28,33)(H,27,29,30). The molecule has 4 aromatic rings. The molecule has 3 heterocycles. The zero-order valence-corrected chi connectivity index (χ0v) is 19.0. The number of hydrogen-bond donors (Lipinski definition) is 2. The first-order valence-corrected chi connectivity index (χ1v) is 10.9. The van der Waals surface area contributed by atoms with Gasteiger partial charge in [0.1, 0.15) is 6.04 Å². The highest BCUT2D eigenvalue weighted by Crippen LogP contribution is 2.37. The average molecular weight is 467 g/mol. The number of aromatic nitrogens is 4. The van der Waals surface area contributed by atoms with Crippen LogP contribution in [0.1, 0.15) is 24.1 Å². The number of non-ortho nitro benzene ring substituents is 1. The van der Waals surface area contributed by atoms with Crippen molar-refractivity contribution in [2.45, 2.75) is 19.9 Å². The van der Waals surface area contributed by atoms with Crippen LogP contribution in [-0.2, 0) is 4.79 Å². The van der Waals surface area contributed by atoms with E-state index >= 15 is 0 Å². The van der Waals surface area contributed by atoms with E-state index in [0.29, 0.717) is 34.3 Å². The van der Waals surface area contributed by atoms with Gasteiger partial charge < -0.3 is 10.6 Å². The van der Waals surface area contributed by atoms with Crippen molar-refractivity contribution < 1.29 is 9.72 Å². The summed E-state index contributed by atoms with van der Waals surface area (Å²) in [6.45, 7) is 3.77. The van der Waals surface area contributed by atoms with Crippen molar-refractivity contribution in [1.29, 1.82) is 0 Å². The van der Waals surface area contributed by atoms with Gasteiger partial charge in [0.2, 0.25) is 5.95 Å². The minimum Gasteiger partial charge on any atom is -0.328 e. The van der Waals surface area contributed by atoms with Crippen LogP contribution in [0, 0.1) is 17.0 Å². The van der Waals surface area contributed by atoms with Crippen LogP contribution in [0.2, 0.25) is 0 Å².